The number of benzene rings is 2. The van der Waals surface area contributed by atoms with Crippen molar-refractivity contribution in [2.75, 3.05) is 0 Å². The third-order valence-electron chi connectivity index (χ3n) is 3.70. The lowest BCUT2D eigenvalue weighted by Crippen LogP contribution is -2.26. The van der Waals surface area contributed by atoms with E-state index in [0.29, 0.717) is 13.0 Å². The molecular weight excluding hydrogens is 256 g/mol. The van der Waals surface area contributed by atoms with E-state index in [9.17, 15) is 14.9 Å². The van der Waals surface area contributed by atoms with Crippen LogP contribution in [-0.2, 0) is 11.3 Å². The number of nitrogens with one attached hydrogen (secondary N) is 1. The lowest BCUT2D eigenvalue weighted by Gasteiger charge is -2.07. The maximum Gasteiger partial charge on any atom is 0.230 e. The van der Waals surface area contributed by atoms with Crippen molar-refractivity contribution in [1.82, 2.24) is 5.32 Å². The Labute approximate surface area is 115 Å². The van der Waals surface area contributed by atoms with E-state index in [-0.39, 0.29) is 10.8 Å². The summed E-state index contributed by atoms with van der Waals surface area (Å²) in [6, 6.07) is 13.2. The van der Waals surface area contributed by atoms with Crippen LogP contribution in [0.15, 0.2) is 42.5 Å². The minimum absolute atomic E-state index is 0.223. The van der Waals surface area contributed by atoms with Crippen molar-refractivity contribution in [2.45, 2.75) is 19.0 Å². The lowest BCUT2D eigenvalue weighted by atomic mass is 10.0. The van der Waals surface area contributed by atoms with Gasteiger partial charge < -0.3 is 5.32 Å². The van der Waals surface area contributed by atoms with Gasteiger partial charge in [0, 0.05) is 17.9 Å². The summed E-state index contributed by atoms with van der Waals surface area (Å²) in [4.78, 5) is 22.0. The largest absolute Gasteiger partial charge is 0.352 e. The summed E-state index contributed by atoms with van der Waals surface area (Å²) in [6.07, 6.45) is 0.356. The van der Waals surface area contributed by atoms with Crippen LogP contribution in [-0.4, -0.2) is 16.9 Å². The fraction of sp³-hybridized carbons (Fsp3) is 0.267. The van der Waals surface area contributed by atoms with Crippen molar-refractivity contribution in [3.8, 4) is 0 Å². The first kappa shape index (κ1) is 12.6. The van der Waals surface area contributed by atoms with E-state index in [1.165, 1.54) is 0 Å². The molecule has 0 saturated heterocycles. The maximum atomic E-state index is 11.8. The Kier molecular flexibility index (Phi) is 3.10. The van der Waals surface area contributed by atoms with Crippen molar-refractivity contribution in [3.63, 3.8) is 0 Å². The molecule has 5 heteroatoms. The number of carbonyl (C=O) groups excluding carboxylic acids is 1. The molecule has 1 aliphatic carbocycles. The topological polar surface area (TPSA) is 72.2 Å². The molecule has 0 aromatic heterocycles. The Morgan fingerprint density at radius 3 is 2.75 bits per heavy atom. The standard InChI is InChI=1S/C15H14N2O3/c18-15(13-8-14(13)17(19)20)16-9-11-6-3-5-10-4-1-2-7-12(10)11/h1-7,13-14H,8-9H2,(H,16,18)/t13-,14-/m1/s1. The minimum atomic E-state index is -0.692. The fourth-order valence-electron chi connectivity index (χ4n) is 2.46. The van der Waals surface area contributed by atoms with E-state index < -0.39 is 12.0 Å². The molecule has 3 rings (SSSR count). The van der Waals surface area contributed by atoms with E-state index in [1.54, 1.807) is 0 Å². The molecule has 1 saturated carbocycles. The van der Waals surface area contributed by atoms with Crippen LogP contribution in [0.3, 0.4) is 0 Å². The molecular formula is C15H14N2O3. The predicted octanol–water partition coefficient (Wildman–Crippen LogP) is 2.12. The minimum Gasteiger partial charge on any atom is -0.352 e. The van der Waals surface area contributed by atoms with E-state index >= 15 is 0 Å². The number of nitro groups is 1. The molecule has 0 unspecified atom stereocenters. The Balaban J connectivity index is 1.69. The Morgan fingerprint density at radius 1 is 1.25 bits per heavy atom. The molecule has 0 bridgehead atoms. The Morgan fingerprint density at radius 2 is 2.00 bits per heavy atom. The van der Waals surface area contributed by atoms with Crippen LogP contribution in [0, 0.1) is 16.0 Å². The van der Waals surface area contributed by atoms with Crippen LogP contribution in [0.4, 0.5) is 0 Å². The van der Waals surface area contributed by atoms with Gasteiger partial charge >= 0.3 is 0 Å². The molecule has 1 amide bonds. The summed E-state index contributed by atoms with van der Waals surface area (Å²) in [5.41, 5.74) is 1.02. The summed E-state index contributed by atoms with van der Waals surface area (Å²) in [5, 5.41) is 15.6. The zero-order valence-corrected chi connectivity index (χ0v) is 10.8. The number of amides is 1. The van der Waals surface area contributed by atoms with Gasteiger partial charge in [0.2, 0.25) is 11.9 Å². The smallest absolute Gasteiger partial charge is 0.230 e. The van der Waals surface area contributed by atoms with Crippen LogP contribution < -0.4 is 5.32 Å². The number of hydrogen-bond donors (Lipinski definition) is 1. The first-order valence-corrected chi connectivity index (χ1v) is 6.54. The highest BCUT2D eigenvalue weighted by Gasteiger charge is 2.53. The first-order chi connectivity index (χ1) is 9.66. The van der Waals surface area contributed by atoms with Gasteiger partial charge in [-0.15, -0.1) is 0 Å². The monoisotopic (exact) mass is 270 g/mol. The van der Waals surface area contributed by atoms with Crippen molar-refractivity contribution >= 4 is 16.7 Å². The number of carbonyl (C=O) groups is 1. The van der Waals surface area contributed by atoms with Gasteiger partial charge in [-0.25, -0.2) is 0 Å². The maximum absolute atomic E-state index is 11.8. The third kappa shape index (κ3) is 2.34. The highest BCUT2D eigenvalue weighted by atomic mass is 16.6. The van der Waals surface area contributed by atoms with Gasteiger partial charge in [-0.3, -0.25) is 14.9 Å². The molecule has 0 heterocycles. The fourth-order valence-corrected chi connectivity index (χ4v) is 2.46. The average molecular weight is 270 g/mol. The number of nitrogens with zero attached hydrogens (tertiary/aromatic N) is 1. The van der Waals surface area contributed by atoms with E-state index in [2.05, 4.69) is 5.32 Å². The third-order valence-corrected chi connectivity index (χ3v) is 3.70. The van der Waals surface area contributed by atoms with Gasteiger partial charge in [-0.1, -0.05) is 42.5 Å². The van der Waals surface area contributed by atoms with Crippen molar-refractivity contribution in [1.29, 1.82) is 0 Å². The Hall–Kier alpha value is -2.43. The van der Waals surface area contributed by atoms with Gasteiger partial charge in [0.25, 0.3) is 0 Å². The normalized spacial score (nSPS) is 20.6. The molecule has 1 N–H and O–H groups in total. The summed E-state index contributed by atoms with van der Waals surface area (Å²) in [6.45, 7) is 0.404. The van der Waals surface area contributed by atoms with Crippen LogP contribution in [0.5, 0.6) is 0 Å². The molecule has 5 nitrogen and oxygen atoms in total. The first-order valence-electron chi connectivity index (χ1n) is 6.54. The second-order valence-corrected chi connectivity index (χ2v) is 5.05. The zero-order valence-electron chi connectivity index (χ0n) is 10.8. The summed E-state index contributed by atoms with van der Waals surface area (Å²) in [5.74, 6) is -0.681. The Bertz CT molecular complexity index is 678. The van der Waals surface area contributed by atoms with Crippen molar-refractivity contribution in [2.24, 2.45) is 5.92 Å². The van der Waals surface area contributed by atoms with E-state index in [4.69, 9.17) is 0 Å². The molecule has 0 spiro atoms. The lowest BCUT2D eigenvalue weighted by molar-refractivity contribution is -0.497. The molecule has 2 aromatic rings. The van der Waals surface area contributed by atoms with Gasteiger partial charge in [-0.05, 0) is 16.3 Å². The quantitative estimate of drug-likeness (QED) is 0.683. The molecule has 2 atom stereocenters. The predicted molar refractivity (Wildman–Crippen MR) is 74.7 cm³/mol. The highest BCUT2D eigenvalue weighted by Crippen LogP contribution is 2.33. The average Bonchev–Trinajstić information content (AvgIpc) is 3.25. The molecule has 0 radical (unpaired) electrons. The van der Waals surface area contributed by atoms with Gasteiger partial charge in [0.15, 0.2) is 0 Å². The molecule has 1 fully saturated rings. The van der Waals surface area contributed by atoms with Gasteiger partial charge in [-0.2, -0.15) is 0 Å². The van der Waals surface area contributed by atoms with Gasteiger partial charge in [0.05, 0.1) is 0 Å². The molecule has 0 aliphatic heterocycles. The highest BCUT2D eigenvalue weighted by molar-refractivity contribution is 5.87. The molecule has 102 valence electrons. The SMILES string of the molecule is O=C(NCc1cccc2ccccc12)[C@@H]1C[C@H]1[N+](=O)[O-]. The zero-order chi connectivity index (χ0) is 14.1. The van der Waals surface area contributed by atoms with Crippen LogP contribution in [0.2, 0.25) is 0 Å². The summed E-state index contributed by atoms with van der Waals surface area (Å²) in [7, 11) is 0. The van der Waals surface area contributed by atoms with E-state index in [0.717, 1.165) is 16.3 Å². The molecule has 20 heavy (non-hydrogen) atoms. The van der Waals surface area contributed by atoms with Crippen LogP contribution in [0.25, 0.3) is 10.8 Å². The van der Waals surface area contributed by atoms with Gasteiger partial charge in [0.1, 0.15) is 5.92 Å². The second kappa shape index (κ2) is 4.92. The van der Waals surface area contributed by atoms with Crippen molar-refractivity contribution < 1.29 is 9.72 Å². The number of hydrogen-bond acceptors (Lipinski definition) is 3. The summed E-state index contributed by atoms with van der Waals surface area (Å²) >= 11 is 0. The molecule has 1 aliphatic rings. The van der Waals surface area contributed by atoms with Crippen molar-refractivity contribution in [3.05, 3.63) is 58.1 Å². The van der Waals surface area contributed by atoms with E-state index in [1.807, 2.05) is 42.5 Å². The number of fused-ring (bicyclic) bond motifs is 1. The molecule has 2 aromatic carbocycles. The van der Waals surface area contributed by atoms with Crippen LogP contribution in [0.1, 0.15) is 12.0 Å². The summed E-state index contributed by atoms with van der Waals surface area (Å²) < 4.78 is 0. The number of rotatable bonds is 4. The van der Waals surface area contributed by atoms with Crippen LogP contribution >= 0.6 is 0 Å². The second-order valence-electron chi connectivity index (χ2n) is 5.05.